The number of ether oxygens (including phenoxy) is 2. The third kappa shape index (κ3) is 3.17. The summed E-state index contributed by atoms with van der Waals surface area (Å²) >= 11 is 0. The van der Waals surface area contributed by atoms with E-state index in [9.17, 15) is 25.5 Å². The van der Waals surface area contributed by atoms with Crippen molar-refractivity contribution in [2.75, 3.05) is 19.8 Å². The summed E-state index contributed by atoms with van der Waals surface area (Å²) in [5.41, 5.74) is 0.662. The van der Waals surface area contributed by atoms with Gasteiger partial charge in [-0.3, -0.25) is 0 Å². The molecule has 1 aromatic rings. The Bertz CT molecular complexity index is 508. The van der Waals surface area contributed by atoms with Crippen molar-refractivity contribution in [3.8, 4) is 11.5 Å². The standard InChI is InChI=1S/C14H20O8/c15-6-11-12(19)13(20)14(7-16,22-11)21-4-3-8-1-2-9(17)10(18)5-8/h1-2,5,11-13,15-20H,3-4,6-7H2/t11-,12-,13+,14-/m1/s1. The van der Waals surface area contributed by atoms with Crippen LogP contribution in [0.4, 0.5) is 0 Å². The fourth-order valence-electron chi connectivity index (χ4n) is 2.37. The van der Waals surface area contributed by atoms with E-state index in [1.165, 1.54) is 12.1 Å². The molecule has 0 radical (unpaired) electrons. The number of aliphatic hydroxyl groups is 4. The predicted molar refractivity (Wildman–Crippen MR) is 73.2 cm³/mol. The van der Waals surface area contributed by atoms with Gasteiger partial charge in [-0.15, -0.1) is 0 Å². The molecule has 4 atom stereocenters. The highest BCUT2D eigenvalue weighted by Crippen LogP contribution is 2.32. The van der Waals surface area contributed by atoms with Crippen LogP contribution in [0.15, 0.2) is 18.2 Å². The lowest BCUT2D eigenvalue weighted by Gasteiger charge is -2.30. The third-order valence-corrected chi connectivity index (χ3v) is 3.68. The molecule has 1 aromatic carbocycles. The summed E-state index contributed by atoms with van der Waals surface area (Å²) in [6.45, 7) is -1.19. The van der Waals surface area contributed by atoms with Crippen LogP contribution in [0, 0.1) is 0 Å². The second kappa shape index (κ2) is 6.78. The van der Waals surface area contributed by atoms with Crippen molar-refractivity contribution in [2.24, 2.45) is 0 Å². The van der Waals surface area contributed by atoms with Gasteiger partial charge in [0.2, 0.25) is 5.79 Å². The van der Waals surface area contributed by atoms with E-state index < -0.39 is 37.3 Å². The van der Waals surface area contributed by atoms with Gasteiger partial charge in [0.05, 0.1) is 13.2 Å². The number of rotatable bonds is 6. The van der Waals surface area contributed by atoms with Crippen molar-refractivity contribution in [3.05, 3.63) is 23.8 Å². The van der Waals surface area contributed by atoms with E-state index in [0.29, 0.717) is 12.0 Å². The molecule has 2 rings (SSSR count). The van der Waals surface area contributed by atoms with Crippen LogP contribution >= 0.6 is 0 Å². The Balaban J connectivity index is 1.98. The van der Waals surface area contributed by atoms with Gasteiger partial charge < -0.3 is 40.1 Å². The van der Waals surface area contributed by atoms with Crippen molar-refractivity contribution in [1.82, 2.24) is 0 Å². The van der Waals surface area contributed by atoms with Gasteiger partial charge in [-0.2, -0.15) is 0 Å². The van der Waals surface area contributed by atoms with Gasteiger partial charge in [0.15, 0.2) is 11.5 Å². The molecule has 6 N–H and O–H groups in total. The van der Waals surface area contributed by atoms with Crippen LogP contribution in [0.1, 0.15) is 5.56 Å². The maximum absolute atomic E-state index is 9.94. The van der Waals surface area contributed by atoms with Gasteiger partial charge in [-0.25, -0.2) is 0 Å². The highest BCUT2D eigenvalue weighted by Gasteiger charge is 2.54. The number of benzene rings is 1. The van der Waals surface area contributed by atoms with Gasteiger partial charge in [0, 0.05) is 0 Å². The van der Waals surface area contributed by atoms with E-state index in [2.05, 4.69) is 0 Å². The van der Waals surface area contributed by atoms with Crippen LogP contribution in [0.5, 0.6) is 11.5 Å². The summed E-state index contributed by atoms with van der Waals surface area (Å²) < 4.78 is 10.6. The second-order valence-electron chi connectivity index (χ2n) is 5.17. The molecule has 0 saturated carbocycles. The maximum atomic E-state index is 9.94. The molecule has 0 spiro atoms. The second-order valence-corrected chi connectivity index (χ2v) is 5.17. The van der Waals surface area contributed by atoms with Crippen molar-refractivity contribution in [3.63, 3.8) is 0 Å². The maximum Gasteiger partial charge on any atom is 0.221 e. The molecule has 0 unspecified atom stereocenters. The molecule has 0 amide bonds. The van der Waals surface area contributed by atoms with E-state index >= 15 is 0 Å². The first-order chi connectivity index (χ1) is 10.4. The first-order valence-electron chi connectivity index (χ1n) is 6.84. The summed E-state index contributed by atoms with van der Waals surface area (Å²) in [7, 11) is 0. The van der Waals surface area contributed by atoms with Crippen LogP contribution in [0.2, 0.25) is 0 Å². The monoisotopic (exact) mass is 316 g/mol. The zero-order valence-corrected chi connectivity index (χ0v) is 11.8. The van der Waals surface area contributed by atoms with E-state index in [0.717, 1.165) is 0 Å². The lowest BCUT2D eigenvalue weighted by atomic mass is 10.1. The number of phenolic OH excluding ortho intramolecular Hbond substituents is 2. The first kappa shape index (κ1) is 16.9. The first-order valence-corrected chi connectivity index (χ1v) is 6.84. The van der Waals surface area contributed by atoms with Crippen LogP contribution in [-0.4, -0.2) is 74.6 Å². The summed E-state index contributed by atoms with van der Waals surface area (Å²) in [4.78, 5) is 0. The van der Waals surface area contributed by atoms with Crippen molar-refractivity contribution in [1.29, 1.82) is 0 Å². The SMILES string of the molecule is OC[C@H]1O[C@@](CO)(OCCc2ccc(O)c(O)c2)[C@@H](O)[C@@H]1O. The molecular formula is C14H20O8. The molecule has 8 heteroatoms. The van der Waals surface area contributed by atoms with Crippen molar-refractivity contribution in [2.45, 2.75) is 30.5 Å². The van der Waals surface area contributed by atoms with Crippen molar-refractivity contribution >= 4 is 0 Å². The topological polar surface area (TPSA) is 140 Å². The van der Waals surface area contributed by atoms with E-state index in [-0.39, 0.29) is 18.1 Å². The largest absolute Gasteiger partial charge is 0.504 e. The number of aliphatic hydroxyl groups excluding tert-OH is 4. The normalized spacial score (nSPS) is 31.5. The van der Waals surface area contributed by atoms with E-state index in [1.54, 1.807) is 6.07 Å². The summed E-state index contributed by atoms with van der Waals surface area (Å²) in [5, 5.41) is 56.8. The molecule has 8 nitrogen and oxygen atoms in total. The molecule has 22 heavy (non-hydrogen) atoms. The molecular weight excluding hydrogens is 296 g/mol. The fourth-order valence-corrected chi connectivity index (χ4v) is 2.37. The van der Waals surface area contributed by atoms with Gasteiger partial charge in [-0.05, 0) is 24.1 Å². The highest BCUT2D eigenvalue weighted by molar-refractivity contribution is 5.40. The molecule has 1 heterocycles. The Morgan fingerprint density at radius 3 is 2.41 bits per heavy atom. The van der Waals surface area contributed by atoms with Crippen LogP contribution in [0.3, 0.4) is 0 Å². The Labute approximate surface area is 126 Å². The summed E-state index contributed by atoms with van der Waals surface area (Å²) in [5.74, 6) is -2.30. The smallest absolute Gasteiger partial charge is 0.221 e. The zero-order valence-electron chi connectivity index (χ0n) is 11.8. The Morgan fingerprint density at radius 2 is 1.86 bits per heavy atom. The predicted octanol–water partition coefficient (Wildman–Crippen LogP) is -1.54. The minimum absolute atomic E-state index is 0.0205. The Morgan fingerprint density at radius 1 is 1.14 bits per heavy atom. The molecule has 0 aliphatic carbocycles. The lowest BCUT2D eigenvalue weighted by Crippen LogP contribution is -2.49. The van der Waals surface area contributed by atoms with E-state index in [4.69, 9.17) is 14.6 Å². The minimum Gasteiger partial charge on any atom is -0.504 e. The Kier molecular flexibility index (Phi) is 5.22. The molecule has 1 aliphatic heterocycles. The quantitative estimate of drug-likeness (QED) is 0.347. The highest BCUT2D eigenvalue weighted by atomic mass is 16.7. The number of phenols is 2. The fraction of sp³-hybridized carbons (Fsp3) is 0.571. The van der Waals surface area contributed by atoms with Crippen LogP contribution in [0.25, 0.3) is 0 Å². The molecule has 1 aliphatic rings. The van der Waals surface area contributed by atoms with E-state index in [1.807, 2.05) is 0 Å². The summed E-state index contributed by atoms with van der Waals surface area (Å²) in [6.07, 6.45) is -3.59. The summed E-state index contributed by atoms with van der Waals surface area (Å²) in [6, 6.07) is 4.28. The molecule has 124 valence electrons. The van der Waals surface area contributed by atoms with Crippen LogP contribution in [-0.2, 0) is 15.9 Å². The number of hydrogen-bond acceptors (Lipinski definition) is 8. The number of aromatic hydroxyl groups is 2. The van der Waals surface area contributed by atoms with Gasteiger partial charge in [0.25, 0.3) is 0 Å². The molecule has 1 fully saturated rings. The molecule has 0 aromatic heterocycles. The average Bonchev–Trinajstić information content (AvgIpc) is 2.76. The Hall–Kier alpha value is -1.42. The third-order valence-electron chi connectivity index (χ3n) is 3.68. The van der Waals surface area contributed by atoms with Gasteiger partial charge in [-0.1, -0.05) is 6.07 Å². The van der Waals surface area contributed by atoms with Gasteiger partial charge in [0.1, 0.15) is 24.9 Å². The van der Waals surface area contributed by atoms with Crippen molar-refractivity contribution < 1.29 is 40.1 Å². The zero-order chi connectivity index (χ0) is 16.3. The molecule has 1 saturated heterocycles. The lowest BCUT2D eigenvalue weighted by molar-refractivity contribution is -0.275. The average molecular weight is 316 g/mol. The number of hydrogen-bond donors (Lipinski definition) is 6. The minimum atomic E-state index is -1.80. The van der Waals surface area contributed by atoms with Gasteiger partial charge >= 0.3 is 0 Å². The molecule has 0 bridgehead atoms. The van der Waals surface area contributed by atoms with Crippen LogP contribution < -0.4 is 0 Å².